The molecule has 0 amide bonds. The Balaban J connectivity index is 1.68. The van der Waals surface area contributed by atoms with E-state index in [4.69, 9.17) is 4.74 Å². The van der Waals surface area contributed by atoms with Crippen molar-refractivity contribution in [1.29, 1.82) is 0 Å². The van der Waals surface area contributed by atoms with Gasteiger partial charge in [-0.05, 0) is 33.3 Å². The third-order valence-electron chi connectivity index (χ3n) is 4.19. The molecule has 0 spiro atoms. The molecule has 1 aliphatic heterocycles. The Morgan fingerprint density at radius 2 is 2.08 bits per heavy atom. The second kappa shape index (κ2) is 7.09. The monoisotopic (exact) mass is 329 g/mol. The number of ether oxygens (including phenoxy) is 1. The van der Waals surface area contributed by atoms with Crippen LogP contribution in [0.25, 0.3) is 0 Å². The molecule has 24 heavy (non-hydrogen) atoms. The first-order valence-electron chi connectivity index (χ1n) is 8.25. The van der Waals surface area contributed by atoms with Gasteiger partial charge in [0.25, 0.3) is 0 Å². The third-order valence-corrected chi connectivity index (χ3v) is 4.19. The van der Waals surface area contributed by atoms with E-state index in [0.717, 1.165) is 48.4 Å². The molecule has 0 bridgehead atoms. The first kappa shape index (κ1) is 16.6. The Morgan fingerprint density at radius 1 is 1.25 bits per heavy atom. The van der Waals surface area contributed by atoms with E-state index < -0.39 is 0 Å². The third kappa shape index (κ3) is 3.79. The van der Waals surface area contributed by atoms with Crippen molar-refractivity contribution in [3.63, 3.8) is 0 Å². The van der Waals surface area contributed by atoms with Gasteiger partial charge in [0.05, 0.1) is 12.3 Å². The van der Waals surface area contributed by atoms with Gasteiger partial charge in [0.15, 0.2) is 0 Å². The molecule has 128 valence electrons. The summed E-state index contributed by atoms with van der Waals surface area (Å²) in [6.45, 7) is 8.30. The number of aromatic nitrogens is 4. The minimum atomic E-state index is -0.211. The van der Waals surface area contributed by atoms with E-state index in [0.29, 0.717) is 19.0 Å². The number of anilines is 1. The zero-order valence-corrected chi connectivity index (χ0v) is 14.4. The van der Waals surface area contributed by atoms with Gasteiger partial charge in [-0.25, -0.2) is 14.8 Å². The molecule has 0 aliphatic carbocycles. The lowest BCUT2D eigenvalue weighted by Crippen LogP contribution is -2.28. The molecule has 7 nitrogen and oxygen atoms in total. The second-order valence-electron chi connectivity index (χ2n) is 6.19. The zero-order chi connectivity index (χ0) is 17.1. The lowest BCUT2D eigenvalue weighted by Gasteiger charge is -2.13. The number of aryl methyl sites for hydroxylation is 3. The summed E-state index contributed by atoms with van der Waals surface area (Å²) >= 11 is 0. The largest absolute Gasteiger partial charge is 0.381 e. The molecule has 1 fully saturated rings. The van der Waals surface area contributed by atoms with Crippen LogP contribution in [0.1, 0.15) is 35.2 Å². The molecule has 2 aromatic heterocycles. The summed E-state index contributed by atoms with van der Waals surface area (Å²) < 4.78 is 7.11. The zero-order valence-electron chi connectivity index (χ0n) is 14.4. The highest BCUT2D eigenvalue weighted by Gasteiger charge is 2.20. The van der Waals surface area contributed by atoms with Crippen molar-refractivity contribution in [2.45, 2.75) is 39.7 Å². The van der Waals surface area contributed by atoms with Crippen LogP contribution >= 0.6 is 0 Å². The van der Waals surface area contributed by atoms with Crippen LogP contribution in [-0.4, -0.2) is 39.3 Å². The van der Waals surface area contributed by atoms with Gasteiger partial charge < -0.3 is 10.1 Å². The fourth-order valence-electron chi connectivity index (χ4n) is 3.00. The van der Waals surface area contributed by atoms with Crippen molar-refractivity contribution in [3.05, 3.63) is 45.5 Å². The van der Waals surface area contributed by atoms with Crippen LogP contribution in [0, 0.1) is 20.8 Å². The summed E-state index contributed by atoms with van der Waals surface area (Å²) in [5.74, 6) is 1.88. The van der Waals surface area contributed by atoms with Crippen LogP contribution in [0.15, 0.2) is 16.9 Å². The van der Waals surface area contributed by atoms with Gasteiger partial charge in [0.2, 0.25) is 0 Å². The van der Waals surface area contributed by atoms with E-state index in [1.807, 2.05) is 32.9 Å². The number of hydrogen-bond donors (Lipinski definition) is 1. The lowest BCUT2D eigenvalue weighted by atomic mass is 10.0. The Bertz CT molecular complexity index is 781. The van der Waals surface area contributed by atoms with E-state index in [-0.39, 0.29) is 5.69 Å². The maximum atomic E-state index is 12.0. The number of rotatable bonds is 5. The second-order valence-corrected chi connectivity index (χ2v) is 6.19. The van der Waals surface area contributed by atoms with Crippen LogP contribution < -0.4 is 11.0 Å². The molecule has 3 heterocycles. The van der Waals surface area contributed by atoms with Gasteiger partial charge >= 0.3 is 5.69 Å². The Hall–Kier alpha value is -2.28. The summed E-state index contributed by atoms with van der Waals surface area (Å²) in [7, 11) is 0. The van der Waals surface area contributed by atoms with Crippen molar-refractivity contribution in [3.8, 4) is 0 Å². The average molecular weight is 329 g/mol. The maximum Gasteiger partial charge on any atom is 0.348 e. The van der Waals surface area contributed by atoms with Crippen molar-refractivity contribution in [2.75, 3.05) is 25.1 Å². The molecule has 7 heteroatoms. The molecular formula is C17H23N5O2. The van der Waals surface area contributed by atoms with Crippen LogP contribution in [0.5, 0.6) is 0 Å². The first-order chi connectivity index (χ1) is 11.5. The molecule has 0 aromatic carbocycles. The minimum absolute atomic E-state index is 0.211. The van der Waals surface area contributed by atoms with Crippen molar-refractivity contribution in [2.24, 2.45) is 0 Å². The van der Waals surface area contributed by atoms with E-state index >= 15 is 0 Å². The molecule has 3 rings (SSSR count). The Kier molecular flexibility index (Phi) is 4.89. The van der Waals surface area contributed by atoms with Crippen molar-refractivity contribution >= 4 is 5.82 Å². The maximum absolute atomic E-state index is 12.0. The van der Waals surface area contributed by atoms with E-state index in [1.165, 1.54) is 0 Å². The van der Waals surface area contributed by atoms with Crippen molar-refractivity contribution in [1.82, 2.24) is 19.5 Å². The summed E-state index contributed by atoms with van der Waals surface area (Å²) in [5, 5.41) is 3.29. The van der Waals surface area contributed by atoms with Gasteiger partial charge in [-0.1, -0.05) is 0 Å². The number of nitrogens with one attached hydrogen (secondary N) is 1. The Labute approximate surface area is 141 Å². The quantitative estimate of drug-likeness (QED) is 0.897. The molecular weight excluding hydrogens is 306 g/mol. The predicted molar refractivity (Wildman–Crippen MR) is 91.4 cm³/mol. The molecule has 0 radical (unpaired) electrons. The SMILES string of the molecule is Cc1cc(C)n(CCNc2cc([C@@H]3CCOC3)nc(C)n2)c(=O)n1. The fourth-order valence-corrected chi connectivity index (χ4v) is 3.00. The fraction of sp³-hybridized carbons (Fsp3) is 0.529. The highest BCUT2D eigenvalue weighted by Crippen LogP contribution is 2.24. The molecule has 1 aliphatic rings. The van der Waals surface area contributed by atoms with Crippen LogP contribution in [0.4, 0.5) is 5.82 Å². The topological polar surface area (TPSA) is 81.9 Å². The normalized spacial score (nSPS) is 17.2. The highest BCUT2D eigenvalue weighted by atomic mass is 16.5. The van der Waals surface area contributed by atoms with Gasteiger partial charge in [0, 0.05) is 43.1 Å². The number of hydrogen-bond acceptors (Lipinski definition) is 6. The van der Waals surface area contributed by atoms with Crippen LogP contribution in [0.2, 0.25) is 0 Å². The van der Waals surface area contributed by atoms with Crippen LogP contribution in [-0.2, 0) is 11.3 Å². The van der Waals surface area contributed by atoms with Gasteiger partial charge in [-0.15, -0.1) is 0 Å². The van der Waals surface area contributed by atoms with Crippen LogP contribution in [0.3, 0.4) is 0 Å². The van der Waals surface area contributed by atoms with Gasteiger partial charge in [-0.3, -0.25) is 4.57 Å². The van der Waals surface area contributed by atoms with E-state index in [9.17, 15) is 4.79 Å². The summed E-state index contributed by atoms with van der Waals surface area (Å²) in [5.41, 5.74) is 2.47. The predicted octanol–water partition coefficient (Wildman–Crippen LogP) is 1.57. The minimum Gasteiger partial charge on any atom is -0.381 e. The molecule has 1 saturated heterocycles. The molecule has 0 saturated carbocycles. The first-order valence-corrected chi connectivity index (χ1v) is 8.25. The molecule has 0 unspecified atom stereocenters. The average Bonchev–Trinajstić information content (AvgIpc) is 3.03. The summed E-state index contributed by atoms with van der Waals surface area (Å²) in [4.78, 5) is 24.9. The van der Waals surface area contributed by atoms with Gasteiger partial charge in [-0.2, -0.15) is 4.98 Å². The smallest absolute Gasteiger partial charge is 0.348 e. The summed E-state index contributed by atoms with van der Waals surface area (Å²) in [6.07, 6.45) is 1.000. The van der Waals surface area contributed by atoms with Crippen molar-refractivity contribution < 1.29 is 4.74 Å². The number of nitrogens with zero attached hydrogens (tertiary/aromatic N) is 4. The van der Waals surface area contributed by atoms with E-state index in [1.54, 1.807) is 4.57 Å². The standard InChI is InChI=1S/C17H23N5O2/c1-11-8-12(2)22(17(23)19-11)6-5-18-16-9-15(20-13(3)21-16)14-4-7-24-10-14/h8-9,14H,4-7,10H2,1-3H3,(H,18,20,21)/t14-/m1/s1. The lowest BCUT2D eigenvalue weighted by molar-refractivity contribution is 0.193. The summed E-state index contributed by atoms with van der Waals surface area (Å²) in [6, 6.07) is 3.89. The molecule has 2 aromatic rings. The molecule has 1 N–H and O–H groups in total. The molecule has 1 atom stereocenters. The van der Waals surface area contributed by atoms with E-state index in [2.05, 4.69) is 20.3 Å². The van der Waals surface area contributed by atoms with Gasteiger partial charge in [0.1, 0.15) is 11.6 Å². The Morgan fingerprint density at radius 3 is 2.79 bits per heavy atom. The highest BCUT2D eigenvalue weighted by molar-refractivity contribution is 5.37.